The van der Waals surface area contributed by atoms with Crippen LogP contribution in [0.15, 0.2) is 59.7 Å². The van der Waals surface area contributed by atoms with Crippen LogP contribution in [0.25, 0.3) is 0 Å². The molecule has 0 fully saturated rings. The van der Waals surface area contributed by atoms with Gasteiger partial charge in [0.05, 0.1) is 11.8 Å². The highest BCUT2D eigenvalue weighted by atomic mass is 35.5. The molecule has 3 rings (SSSR count). The van der Waals surface area contributed by atoms with E-state index in [2.05, 4.69) is 80.2 Å². The van der Waals surface area contributed by atoms with Gasteiger partial charge < -0.3 is 4.90 Å². The second-order valence-corrected chi connectivity index (χ2v) is 7.85. The number of hydrogen-bond acceptors (Lipinski definition) is 3. The van der Waals surface area contributed by atoms with Gasteiger partial charge in [-0.15, -0.1) is 0 Å². The quantitative estimate of drug-likeness (QED) is 0.643. The maximum Gasteiger partial charge on any atom is 0.0804 e. The van der Waals surface area contributed by atoms with E-state index in [0.717, 1.165) is 24.7 Å². The molecule has 0 aromatic heterocycles. The van der Waals surface area contributed by atoms with E-state index in [-0.39, 0.29) is 6.04 Å². The Kier molecular flexibility index (Phi) is 6.56. The number of halogens is 1. The SMILES string of the molecule is CCN(CC)CC(C)[C@H]1C(c2ccccc2)=NN(C)[C@@H]1c1ccc(Cl)cc1. The van der Waals surface area contributed by atoms with Gasteiger partial charge in [0.15, 0.2) is 0 Å². The molecule has 0 saturated heterocycles. The minimum absolute atomic E-state index is 0.225. The molecular formula is C23H30ClN3. The Bertz CT molecular complexity index is 753. The molecule has 1 aliphatic rings. The monoisotopic (exact) mass is 383 g/mol. The molecule has 3 atom stereocenters. The number of nitrogens with zero attached hydrogens (tertiary/aromatic N) is 3. The summed E-state index contributed by atoms with van der Waals surface area (Å²) in [5.41, 5.74) is 3.68. The van der Waals surface area contributed by atoms with Crippen molar-refractivity contribution in [3.63, 3.8) is 0 Å². The molecule has 3 nitrogen and oxygen atoms in total. The fourth-order valence-corrected chi connectivity index (χ4v) is 4.33. The average molecular weight is 384 g/mol. The van der Waals surface area contributed by atoms with Crippen molar-refractivity contribution in [3.05, 3.63) is 70.7 Å². The molecule has 0 saturated carbocycles. The Morgan fingerprint density at radius 1 is 1.04 bits per heavy atom. The summed E-state index contributed by atoms with van der Waals surface area (Å²) in [5, 5.41) is 7.91. The summed E-state index contributed by atoms with van der Waals surface area (Å²) >= 11 is 6.14. The fourth-order valence-electron chi connectivity index (χ4n) is 4.21. The minimum atomic E-state index is 0.225. The van der Waals surface area contributed by atoms with Crippen LogP contribution in [-0.4, -0.2) is 42.3 Å². The van der Waals surface area contributed by atoms with Crippen molar-refractivity contribution >= 4 is 17.3 Å². The van der Waals surface area contributed by atoms with Crippen LogP contribution in [0.3, 0.4) is 0 Å². The van der Waals surface area contributed by atoms with Crippen LogP contribution in [0.1, 0.15) is 37.9 Å². The lowest BCUT2D eigenvalue weighted by Crippen LogP contribution is -2.36. The number of hydrogen-bond donors (Lipinski definition) is 0. The van der Waals surface area contributed by atoms with Gasteiger partial charge in [-0.1, -0.05) is 74.8 Å². The van der Waals surface area contributed by atoms with Gasteiger partial charge in [-0.05, 0) is 42.3 Å². The lowest BCUT2D eigenvalue weighted by atomic mass is 9.78. The molecule has 1 unspecified atom stereocenters. The lowest BCUT2D eigenvalue weighted by Gasteiger charge is -2.33. The summed E-state index contributed by atoms with van der Waals surface area (Å²) in [6.07, 6.45) is 0. The standard InChI is InChI=1S/C23H30ClN3/c1-5-27(6-2)16-17(3)21-22(18-10-8-7-9-11-18)25-26(4)23(21)19-12-14-20(24)15-13-19/h7-15,17,21,23H,5-6,16H2,1-4H3/t17?,21-,23+/m0/s1. The van der Waals surface area contributed by atoms with Crippen LogP contribution >= 0.6 is 11.6 Å². The Labute approximate surface area is 168 Å². The topological polar surface area (TPSA) is 18.8 Å². The average Bonchev–Trinajstić information content (AvgIpc) is 3.04. The molecule has 4 heteroatoms. The molecule has 144 valence electrons. The molecular weight excluding hydrogens is 354 g/mol. The number of benzene rings is 2. The maximum absolute atomic E-state index is 6.14. The molecule has 1 aliphatic heterocycles. The first-order valence-electron chi connectivity index (χ1n) is 9.89. The summed E-state index contributed by atoms with van der Waals surface area (Å²) in [6, 6.07) is 19.1. The molecule has 0 aliphatic carbocycles. The predicted octanol–water partition coefficient (Wildman–Crippen LogP) is 5.32. The van der Waals surface area contributed by atoms with Crippen molar-refractivity contribution in [2.24, 2.45) is 16.9 Å². The summed E-state index contributed by atoms with van der Waals surface area (Å²) in [6.45, 7) is 10.1. The second kappa shape index (κ2) is 8.90. The minimum Gasteiger partial charge on any atom is -0.304 e. The zero-order valence-electron chi connectivity index (χ0n) is 16.8. The summed E-state index contributed by atoms with van der Waals surface area (Å²) in [4.78, 5) is 2.50. The van der Waals surface area contributed by atoms with Crippen LogP contribution in [0, 0.1) is 11.8 Å². The molecule has 0 bridgehead atoms. The van der Waals surface area contributed by atoms with Gasteiger partial charge >= 0.3 is 0 Å². The molecule has 2 aromatic rings. The molecule has 0 N–H and O–H groups in total. The Morgan fingerprint density at radius 3 is 2.26 bits per heavy atom. The van der Waals surface area contributed by atoms with Crippen LogP contribution in [0.2, 0.25) is 5.02 Å². The van der Waals surface area contributed by atoms with E-state index < -0.39 is 0 Å². The fraction of sp³-hybridized carbons (Fsp3) is 0.435. The number of rotatable bonds is 7. The summed E-state index contributed by atoms with van der Waals surface area (Å²) in [5.74, 6) is 0.814. The highest BCUT2D eigenvalue weighted by Gasteiger charge is 2.40. The van der Waals surface area contributed by atoms with Gasteiger partial charge in [0.1, 0.15) is 0 Å². The van der Waals surface area contributed by atoms with Crippen molar-refractivity contribution in [2.75, 3.05) is 26.7 Å². The Hall–Kier alpha value is -1.84. The van der Waals surface area contributed by atoms with E-state index in [4.69, 9.17) is 16.7 Å². The van der Waals surface area contributed by atoms with Crippen molar-refractivity contribution in [3.8, 4) is 0 Å². The highest BCUT2D eigenvalue weighted by Crippen LogP contribution is 2.41. The Balaban J connectivity index is 1.98. The molecule has 0 amide bonds. The third-order valence-electron chi connectivity index (χ3n) is 5.66. The number of hydrazone groups is 1. The lowest BCUT2D eigenvalue weighted by molar-refractivity contribution is 0.178. The summed E-state index contributed by atoms with van der Waals surface area (Å²) < 4.78 is 0. The first-order chi connectivity index (χ1) is 13.0. The Morgan fingerprint density at radius 2 is 1.67 bits per heavy atom. The largest absolute Gasteiger partial charge is 0.304 e. The smallest absolute Gasteiger partial charge is 0.0804 e. The van der Waals surface area contributed by atoms with Crippen molar-refractivity contribution < 1.29 is 0 Å². The van der Waals surface area contributed by atoms with Crippen molar-refractivity contribution in [1.82, 2.24) is 9.91 Å². The van der Waals surface area contributed by atoms with Crippen molar-refractivity contribution in [2.45, 2.75) is 26.8 Å². The van der Waals surface area contributed by atoms with Crippen LogP contribution < -0.4 is 0 Å². The van der Waals surface area contributed by atoms with E-state index >= 15 is 0 Å². The molecule has 0 radical (unpaired) electrons. The third kappa shape index (κ3) is 4.36. The van der Waals surface area contributed by atoms with Crippen LogP contribution in [-0.2, 0) is 0 Å². The summed E-state index contributed by atoms with van der Waals surface area (Å²) in [7, 11) is 2.09. The van der Waals surface area contributed by atoms with Gasteiger partial charge in [-0.3, -0.25) is 5.01 Å². The van der Waals surface area contributed by atoms with Gasteiger partial charge in [0.25, 0.3) is 0 Å². The van der Waals surface area contributed by atoms with Crippen LogP contribution in [0.5, 0.6) is 0 Å². The first-order valence-corrected chi connectivity index (χ1v) is 10.3. The molecule has 1 heterocycles. The molecule has 27 heavy (non-hydrogen) atoms. The van der Waals surface area contributed by atoms with Gasteiger partial charge in [0, 0.05) is 24.5 Å². The molecule has 0 spiro atoms. The van der Waals surface area contributed by atoms with E-state index in [9.17, 15) is 0 Å². The first kappa shape index (κ1) is 19.9. The van der Waals surface area contributed by atoms with E-state index in [0.29, 0.717) is 11.8 Å². The predicted molar refractivity (Wildman–Crippen MR) is 115 cm³/mol. The third-order valence-corrected chi connectivity index (χ3v) is 5.91. The van der Waals surface area contributed by atoms with E-state index in [1.165, 1.54) is 16.8 Å². The zero-order valence-corrected chi connectivity index (χ0v) is 17.5. The van der Waals surface area contributed by atoms with E-state index in [1.54, 1.807) is 0 Å². The van der Waals surface area contributed by atoms with Gasteiger partial charge in [-0.25, -0.2) is 0 Å². The maximum atomic E-state index is 6.14. The van der Waals surface area contributed by atoms with Crippen molar-refractivity contribution in [1.29, 1.82) is 0 Å². The normalized spacial score (nSPS) is 20.8. The van der Waals surface area contributed by atoms with Gasteiger partial charge in [-0.2, -0.15) is 5.10 Å². The highest BCUT2D eigenvalue weighted by molar-refractivity contribution is 6.30. The second-order valence-electron chi connectivity index (χ2n) is 7.41. The van der Waals surface area contributed by atoms with Crippen LogP contribution in [0.4, 0.5) is 0 Å². The zero-order chi connectivity index (χ0) is 19.4. The molecule has 2 aromatic carbocycles. The van der Waals surface area contributed by atoms with E-state index in [1.807, 2.05) is 12.1 Å². The van der Waals surface area contributed by atoms with Gasteiger partial charge in [0.2, 0.25) is 0 Å².